The Morgan fingerprint density at radius 3 is 2.87 bits per heavy atom. The molecule has 1 fully saturated rings. The maximum Gasteiger partial charge on any atom is 0.313 e. The first-order valence-corrected chi connectivity index (χ1v) is 8.19. The molecule has 2 nitrogen and oxygen atoms in total. The fraction of sp³-hybridized carbons (Fsp3) is 0.286. The molecule has 1 aliphatic carbocycles. The summed E-state index contributed by atoms with van der Waals surface area (Å²) >= 11 is 0. The average Bonchev–Trinajstić information content (AvgIpc) is 3.11. The maximum atomic E-state index is 12.7. The van der Waals surface area contributed by atoms with Crippen LogP contribution in [-0.2, 0) is 16.0 Å². The summed E-state index contributed by atoms with van der Waals surface area (Å²) < 4.78 is 5.66. The monoisotopic (exact) mass is 304 g/mol. The Kier molecular flexibility index (Phi) is 3.33. The number of carbonyl (C=O) groups excluding carboxylic acids is 1. The molecule has 2 aliphatic rings. The summed E-state index contributed by atoms with van der Waals surface area (Å²) in [4.78, 5) is 12.7. The van der Waals surface area contributed by atoms with Crippen LogP contribution in [0.25, 0.3) is 10.8 Å². The van der Waals surface area contributed by atoms with Crippen molar-refractivity contribution >= 4 is 16.7 Å². The number of hydrogen-bond acceptors (Lipinski definition) is 2. The van der Waals surface area contributed by atoms with Crippen molar-refractivity contribution in [1.82, 2.24) is 0 Å². The van der Waals surface area contributed by atoms with Gasteiger partial charge in [-0.05, 0) is 29.2 Å². The molecule has 0 N–H and O–H groups in total. The van der Waals surface area contributed by atoms with E-state index in [1.807, 2.05) is 18.2 Å². The Labute approximate surface area is 136 Å². The molecule has 3 atom stereocenters. The molecule has 3 unspecified atom stereocenters. The lowest BCUT2D eigenvalue weighted by molar-refractivity contribution is -0.148. The lowest BCUT2D eigenvalue weighted by atomic mass is 9.69. The van der Waals surface area contributed by atoms with Crippen LogP contribution in [0.4, 0.5) is 0 Å². The topological polar surface area (TPSA) is 26.3 Å². The third kappa shape index (κ3) is 2.21. The summed E-state index contributed by atoms with van der Waals surface area (Å²) in [5, 5.41) is 2.44. The predicted octanol–water partition coefficient (Wildman–Crippen LogP) is 4.45. The molecule has 0 spiro atoms. The van der Waals surface area contributed by atoms with Gasteiger partial charge in [-0.15, -0.1) is 6.58 Å². The minimum atomic E-state index is -0.498. The summed E-state index contributed by atoms with van der Waals surface area (Å²) in [5.74, 6) is 0.101. The number of carbonyl (C=O) groups is 1. The van der Waals surface area contributed by atoms with E-state index in [0.717, 1.165) is 6.42 Å². The average molecular weight is 304 g/mol. The molecular weight excluding hydrogens is 284 g/mol. The van der Waals surface area contributed by atoms with Crippen LogP contribution in [0.2, 0.25) is 0 Å². The zero-order chi connectivity index (χ0) is 15.9. The van der Waals surface area contributed by atoms with Crippen LogP contribution in [0.5, 0.6) is 0 Å². The van der Waals surface area contributed by atoms with Gasteiger partial charge in [0.15, 0.2) is 0 Å². The summed E-state index contributed by atoms with van der Waals surface area (Å²) in [6.45, 7) is 3.88. The summed E-state index contributed by atoms with van der Waals surface area (Å²) in [6, 6.07) is 14.8. The van der Waals surface area contributed by atoms with Gasteiger partial charge in [-0.3, -0.25) is 4.79 Å². The van der Waals surface area contributed by atoms with Crippen molar-refractivity contribution in [2.24, 2.45) is 11.3 Å². The Morgan fingerprint density at radius 1 is 1.22 bits per heavy atom. The molecule has 116 valence electrons. The number of hydrogen-bond donors (Lipinski definition) is 0. The highest BCUT2D eigenvalue weighted by Crippen LogP contribution is 2.49. The molecule has 0 bridgehead atoms. The van der Waals surface area contributed by atoms with Crippen LogP contribution >= 0.6 is 0 Å². The fourth-order valence-corrected chi connectivity index (χ4v) is 4.13. The Morgan fingerprint density at radius 2 is 2.04 bits per heavy atom. The summed E-state index contributed by atoms with van der Waals surface area (Å²) in [7, 11) is 0. The van der Waals surface area contributed by atoms with E-state index in [1.54, 1.807) is 0 Å². The molecule has 2 heteroatoms. The summed E-state index contributed by atoms with van der Waals surface area (Å²) in [5.41, 5.74) is 0.686. The fourth-order valence-electron chi connectivity index (χ4n) is 4.13. The van der Waals surface area contributed by atoms with Gasteiger partial charge in [0.1, 0.15) is 6.10 Å². The molecule has 1 aliphatic heterocycles. The molecule has 1 saturated heterocycles. The van der Waals surface area contributed by atoms with Gasteiger partial charge in [0, 0.05) is 12.3 Å². The Hall–Kier alpha value is -2.35. The second-order valence-electron chi connectivity index (χ2n) is 6.64. The third-order valence-corrected chi connectivity index (χ3v) is 5.26. The van der Waals surface area contributed by atoms with Gasteiger partial charge in [-0.2, -0.15) is 0 Å². The van der Waals surface area contributed by atoms with E-state index in [4.69, 9.17) is 4.74 Å². The quantitative estimate of drug-likeness (QED) is 0.616. The van der Waals surface area contributed by atoms with Crippen LogP contribution in [0.3, 0.4) is 0 Å². The molecule has 0 radical (unpaired) electrons. The molecule has 2 aromatic rings. The van der Waals surface area contributed by atoms with Gasteiger partial charge in [-0.1, -0.05) is 60.7 Å². The SMILES string of the molecule is C=CCC1(Cc2ccc3ccccc3c2)C(=O)OC2CC=CC21. The van der Waals surface area contributed by atoms with Gasteiger partial charge in [0.2, 0.25) is 0 Å². The normalized spacial score (nSPS) is 28.8. The van der Waals surface area contributed by atoms with E-state index in [0.29, 0.717) is 12.8 Å². The van der Waals surface area contributed by atoms with Crippen molar-refractivity contribution in [3.63, 3.8) is 0 Å². The standard InChI is InChI=1S/C21H20O2/c1-2-12-21(18-8-5-9-19(18)23-20(21)22)14-15-10-11-16-6-3-4-7-17(16)13-15/h2-8,10-11,13,18-19H,1,9,12,14H2. The number of rotatable bonds is 4. The van der Waals surface area contributed by atoms with E-state index in [9.17, 15) is 4.79 Å². The number of ether oxygens (including phenoxy) is 1. The largest absolute Gasteiger partial charge is 0.461 e. The van der Waals surface area contributed by atoms with Crippen LogP contribution < -0.4 is 0 Å². The number of benzene rings is 2. The van der Waals surface area contributed by atoms with Crippen molar-refractivity contribution < 1.29 is 9.53 Å². The highest BCUT2D eigenvalue weighted by molar-refractivity contribution is 5.84. The van der Waals surface area contributed by atoms with E-state index in [-0.39, 0.29) is 18.0 Å². The Balaban J connectivity index is 1.74. The number of esters is 1. The first-order chi connectivity index (χ1) is 11.2. The molecule has 0 saturated carbocycles. The maximum absolute atomic E-state index is 12.7. The van der Waals surface area contributed by atoms with Gasteiger partial charge in [-0.25, -0.2) is 0 Å². The van der Waals surface area contributed by atoms with E-state index < -0.39 is 5.41 Å². The van der Waals surface area contributed by atoms with Gasteiger partial charge < -0.3 is 4.74 Å². The molecule has 23 heavy (non-hydrogen) atoms. The molecule has 1 heterocycles. The van der Waals surface area contributed by atoms with Crippen LogP contribution in [0.1, 0.15) is 18.4 Å². The first-order valence-electron chi connectivity index (χ1n) is 8.19. The molecular formula is C21H20O2. The van der Waals surface area contributed by atoms with E-state index >= 15 is 0 Å². The third-order valence-electron chi connectivity index (χ3n) is 5.26. The Bertz CT molecular complexity index is 804. The van der Waals surface area contributed by atoms with Crippen molar-refractivity contribution in [1.29, 1.82) is 0 Å². The second kappa shape index (κ2) is 5.38. The molecule has 0 amide bonds. The van der Waals surface area contributed by atoms with Gasteiger partial charge in [0.25, 0.3) is 0 Å². The second-order valence-corrected chi connectivity index (χ2v) is 6.64. The zero-order valence-corrected chi connectivity index (χ0v) is 13.1. The van der Waals surface area contributed by atoms with E-state index in [1.165, 1.54) is 16.3 Å². The summed E-state index contributed by atoms with van der Waals surface area (Å²) in [6.07, 6.45) is 8.38. The van der Waals surface area contributed by atoms with Crippen molar-refractivity contribution in [2.75, 3.05) is 0 Å². The smallest absolute Gasteiger partial charge is 0.313 e. The number of fused-ring (bicyclic) bond motifs is 2. The van der Waals surface area contributed by atoms with Crippen molar-refractivity contribution in [3.8, 4) is 0 Å². The van der Waals surface area contributed by atoms with Gasteiger partial charge in [0.05, 0.1) is 5.41 Å². The number of allylic oxidation sites excluding steroid dienone is 1. The molecule has 4 rings (SSSR count). The van der Waals surface area contributed by atoms with Crippen LogP contribution in [0, 0.1) is 11.3 Å². The minimum Gasteiger partial charge on any atom is -0.461 e. The van der Waals surface area contributed by atoms with Crippen molar-refractivity contribution in [2.45, 2.75) is 25.4 Å². The lowest BCUT2D eigenvalue weighted by Crippen LogP contribution is -2.35. The first kappa shape index (κ1) is 14.3. The highest BCUT2D eigenvalue weighted by Gasteiger charge is 2.56. The predicted molar refractivity (Wildman–Crippen MR) is 92.0 cm³/mol. The molecule has 2 aromatic carbocycles. The van der Waals surface area contributed by atoms with Crippen LogP contribution in [0.15, 0.2) is 67.3 Å². The van der Waals surface area contributed by atoms with E-state index in [2.05, 4.69) is 49.1 Å². The zero-order valence-electron chi connectivity index (χ0n) is 13.1. The highest BCUT2D eigenvalue weighted by atomic mass is 16.6. The van der Waals surface area contributed by atoms with Crippen molar-refractivity contribution in [3.05, 3.63) is 72.8 Å². The lowest BCUT2D eigenvalue weighted by Gasteiger charge is -2.28. The van der Waals surface area contributed by atoms with Gasteiger partial charge >= 0.3 is 5.97 Å². The minimum absolute atomic E-state index is 0.0166. The van der Waals surface area contributed by atoms with Crippen LogP contribution in [-0.4, -0.2) is 12.1 Å². The molecule has 0 aromatic heterocycles.